The lowest BCUT2D eigenvalue weighted by molar-refractivity contribution is -0.131. The second-order valence-electron chi connectivity index (χ2n) is 4.38. The molecule has 0 saturated carbocycles. The van der Waals surface area contributed by atoms with Gasteiger partial charge in [-0.3, -0.25) is 10.1 Å². The quantitative estimate of drug-likeness (QED) is 0.726. The van der Waals surface area contributed by atoms with E-state index in [9.17, 15) is 4.79 Å². The Labute approximate surface area is 103 Å². The Kier molecular flexibility index (Phi) is 5.62. The topological polar surface area (TPSA) is 32.3 Å². The van der Waals surface area contributed by atoms with Gasteiger partial charge in [-0.25, -0.2) is 0 Å². The Hall–Kier alpha value is -0.220. The lowest BCUT2D eigenvalue weighted by atomic mass is 10.2. The van der Waals surface area contributed by atoms with Gasteiger partial charge in [-0.15, -0.1) is 0 Å². The van der Waals surface area contributed by atoms with E-state index in [4.69, 9.17) is 0 Å². The van der Waals surface area contributed by atoms with Crippen LogP contribution in [0.5, 0.6) is 0 Å². The van der Waals surface area contributed by atoms with E-state index in [1.165, 1.54) is 0 Å². The van der Waals surface area contributed by atoms with Crippen LogP contribution in [-0.4, -0.2) is 40.6 Å². The van der Waals surface area contributed by atoms with Crippen molar-refractivity contribution in [1.82, 2.24) is 10.2 Å². The van der Waals surface area contributed by atoms with Crippen molar-refractivity contribution in [3.05, 3.63) is 0 Å². The molecule has 1 N–H and O–H groups in total. The van der Waals surface area contributed by atoms with Crippen LogP contribution in [0.4, 0.5) is 0 Å². The van der Waals surface area contributed by atoms with Crippen molar-refractivity contribution in [2.45, 2.75) is 58.8 Å². The number of nitrogens with zero attached hydrogens (tertiary/aromatic N) is 1. The maximum Gasteiger partial charge on any atom is 0.241 e. The normalized spacial score (nSPS) is 27.5. The highest BCUT2D eigenvalue weighted by atomic mass is 32.2. The molecule has 1 aliphatic rings. The molecule has 0 spiro atoms. The van der Waals surface area contributed by atoms with Gasteiger partial charge in [0.1, 0.15) is 0 Å². The minimum Gasteiger partial charge on any atom is -0.323 e. The number of carbonyl (C=O) groups excluding carboxylic acids is 1. The molecule has 0 aromatic carbocycles. The number of thioether (sulfide) groups is 1. The maximum absolute atomic E-state index is 12.1. The molecule has 3 unspecified atom stereocenters. The molecule has 3 nitrogen and oxygen atoms in total. The third-order valence-corrected chi connectivity index (χ3v) is 4.11. The highest BCUT2D eigenvalue weighted by Gasteiger charge is 2.37. The predicted octanol–water partition coefficient (Wildman–Crippen LogP) is 2.07. The largest absolute Gasteiger partial charge is 0.323 e. The summed E-state index contributed by atoms with van der Waals surface area (Å²) in [6, 6.07) is 0.391. The van der Waals surface area contributed by atoms with E-state index >= 15 is 0 Å². The van der Waals surface area contributed by atoms with E-state index in [-0.39, 0.29) is 18.1 Å². The summed E-state index contributed by atoms with van der Waals surface area (Å²) >= 11 is 1.95. The van der Waals surface area contributed by atoms with Crippen LogP contribution in [0.15, 0.2) is 0 Å². The molecule has 0 radical (unpaired) electrons. The number of hydrogen-bond acceptors (Lipinski definition) is 3. The summed E-state index contributed by atoms with van der Waals surface area (Å²) in [5.41, 5.74) is 0. The second-order valence-corrected chi connectivity index (χ2v) is 5.78. The first-order valence-electron chi connectivity index (χ1n) is 6.27. The summed E-state index contributed by atoms with van der Waals surface area (Å²) in [7, 11) is 0. The zero-order valence-electron chi connectivity index (χ0n) is 10.8. The highest BCUT2D eigenvalue weighted by Crippen LogP contribution is 2.19. The molecule has 1 saturated heterocycles. The summed E-state index contributed by atoms with van der Waals surface area (Å²) in [5, 5.41) is 3.34. The van der Waals surface area contributed by atoms with Crippen molar-refractivity contribution >= 4 is 17.7 Å². The molecular formula is C12H24N2OS. The Morgan fingerprint density at radius 3 is 2.69 bits per heavy atom. The molecule has 1 amide bonds. The smallest absolute Gasteiger partial charge is 0.241 e. The molecule has 1 rings (SSSR count). The van der Waals surface area contributed by atoms with Crippen LogP contribution >= 0.6 is 11.8 Å². The number of hydrogen-bond donors (Lipinski definition) is 1. The summed E-state index contributed by atoms with van der Waals surface area (Å²) < 4.78 is 0. The van der Waals surface area contributed by atoms with Gasteiger partial charge in [0.25, 0.3) is 0 Å². The molecule has 1 fully saturated rings. The van der Waals surface area contributed by atoms with Crippen LogP contribution in [0.1, 0.15) is 40.5 Å². The minimum atomic E-state index is 0.0382. The molecule has 16 heavy (non-hydrogen) atoms. The second kappa shape index (κ2) is 6.50. The molecule has 3 atom stereocenters. The van der Waals surface area contributed by atoms with Gasteiger partial charge in [0.2, 0.25) is 5.91 Å². The first kappa shape index (κ1) is 13.8. The van der Waals surface area contributed by atoms with E-state index in [2.05, 4.69) is 33.0 Å². The number of amides is 1. The van der Waals surface area contributed by atoms with Gasteiger partial charge >= 0.3 is 0 Å². The third kappa shape index (κ3) is 3.14. The molecule has 1 heterocycles. The number of carbonyl (C=O) groups is 1. The lowest BCUT2D eigenvalue weighted by Gasteiger charge is -2.28. The van der Waals surface area contributed by atoms with Crippen molar-refractivity contribution in [2.24, 2.45) is 0 Å². The molecule has 1 aliphatic heterocycles. The average molecular weight is 244 g/mol. The molecule has 94 valence electrons. The number of rotatable bonds is 6. The van der Waals surface area contributed by atoms with Crippen molar-refractivity contribution in [3.8, 4) is 0 Å². The van der Waals surface area contributed by atoms with Crippen molar-refractivity contribution in [3.63, 3.8) is 0 Å². The minimum absolute atomic E-state index is 0.0382. The van der Waals surface area contributed by atoms with Gasteiger partial charge in [0, 0.05) is 6.04 Å². The predicted molar refractivity (Wildman–Crippen MR) is 70.6 cm³/mol. The Bertz CT molecular complexity index is 235. The Morgan fingerprint density at radius 1 is 1.50 bits per heavy atom. The SMILES string of the molecule is CCSCCC(C)N1C(=O)C(CC)NC1C. The summed E-state index contributed by atoms with van der Waals surface area (Å²) in [5.74, 6) is 2.58. The van der Waals surface area contributed by atoms with Gasteiger partial charge in [-0.05, 0) is 38.2 Å². The van der Waals surface area contributed by atoms with Gasteiger partial charge in [-0.1, -0.05) is 13.8 Å². The van der Waals surface area contributed by atoms with E-state index in [0.29, 0.717) is 6.04 Å². The molecule has 0 aliphatic carbocycles. The zero-order valence-corrected chi connectivity index (χ0v) is 11.6. The fraction of sp³-hybridized carbons (Fsp3) is 0.917. The van der Waals surface area contributed by atoms with Gasteiger partial charge in [-0.2, -0.15) is 11.8 Å². The van der Waals surface area contributed by atoms with Crippen LogP contribution in [0.25, 0.3) is 0 Å². The fourth-order valence-corrected chi connectivity index (χ4v) is 3.04. The van der Waals surface area contributed by atoms with Crippen LogP contribution in [-0.2, 0) is 4.79 Å². The van der Waals surface area contributed by atoms with Crippen molar-refractivity contribution in [1.29, 1.82) is 0 Å². The van der Waals surface area contributed by atoms with Crippen molar-refractivity contribution in [2.75, 3.05) is 11.5 Å². The summed E-state index contributed by atoms with van der Waals surface area (Å²) in [4.78, 5) is 14.1. The summed E-state index contributed by atoms with van der Waals surface area (Å²) in [6.45, 7) is 8.47. The zero-order chi connectivity index (χ0) is 12.1. The molecule has 0 aromatic heterocycles. The van der Waals surface area contributed by atoms with Crippen LogP contribution in [0.2, 0.25) is 0 Å². The first-order chi connectivity index (χ1) is 7.61. The Balaban J connectivity index is 2.48. The van der Waals surface area contributed by atoms with Crippen LogP contribution in [0, 0.1) is 0 Å². The standard InChI is InChI=1S/C12H24N2OS/c1-5-11-12(15)14(10(4)13-11)9(3)7-8-16-6-2/h9-11,13H,5-8H2,1-4H3. The first-order valence-corrected chi connectivity index (χ1v) is 7.43. The highest BCUT2D eigenvalue weighted by molar-refractivity contribution is 7.99. The lowest BCUT2D eigenvalue weighted by Crippen LogP contribution is -2.41. The van der Waals surface area contributed by atoms with E-state index in [1.807, 2.05) is 16.7 Å². The molecule has 4 heteroatoms. The van der Waals surface area contributed by atoms with Crippen LogP contribution < -0.4 is 5.32 Å². The monoisotopic (exact) mass is 244 g/mol. The molecule has 0 aromatic rings. The van der Waals surface area contributed by atoms with Crippen LogP contribution in [0.3, 0.4) is 0 Å². The summed E-state index contributed by atoms with van der Waals surface area (Å²) in [6.07, 6.45) is 2.17. The number of nitrogens with one attached hydrogen (secondary N) is 1. The van der Waals surface area contributed by atoms with E-state index in [0.717, 1.165) is 24.3 Å². The third-order valence-electron chi connectivity index (χ3n) is 3.18. The molecular weight excluding hydrogens is 220 g/mol. The van der Waals surface area contributed by atoms with Gasteiger partial charge in [0.15, 0.2) is 0 Å². The Morgan fingerprint density at radius 2 is 2.19 bits per heavy atom. The molecule has 0 bridgehead atoms. The van der Waals surface area contributed by atoms with Gasteiger partial charge in [0.05, 0.1) is 12.2 Å². The fourth-order valence-electron chi connectivity index (χ4n) is 2.24. The van der Waals surface area contributed by atoms with Crippen molar-refractivity contribution < 1.29 is 4.79 Å². The van der Waals surface area contributed by atoms with E-state index < -0.39 is 0 Å². The van der Waals surface area contributed by atoms with E-state index in [1.54, 1.807) is 0 Å². The average Bonchev–Trinajstić information content (AvgIpc) is 2.54. The maximum atomic E-state index is 12.1. The van der Waals surface area contributed by atoms with Gasteiger partial charge < -0.3 is 4.90 Å².